The van der Waals surface area contributed by atoms with Crippen molar-refractivity contribution in [1.29, 1.82) is 0 Å². The maximum atomic E-state index is 2.45. The van der Waals surface area contributed by atoms with Crippen LogP contribution in [0.2, 0.25) is 0 Å². The van der Waals surface area contributed by atoms with E-state index in [1.54, 1.807) is 0 Å². The highest BCUT2D eigenvalue weighted by Crippen LogP contribution is 2.47. The van der Waals surface area contributed by atoms with Gasteiger partial charge in [0.05, 0.1) is 10.4 Å². The lowest BCUT2D eigenvalue weighted by Gasteiger charge is -2.27. The normalized spacial score (nSPS) is 11.6. The van der Waals surface area contributed by atoms with Crippen LogP contribution in [0.5, 0.6) is 0 Å². The predicted octanol–water partition coefficient (Wildman–Crippen LogP) is 14.3. The highest BCUT2D eigenvalue weighted by atomic mass is 32.1. The third kappa shape index (κ3) is 4.69. The fourth-order valence-electron chi connectivity index (χ4n) is 7.65. The number of thiophene rings is 1. The molecule has 50 heavy (non-hydrogen) atoms. The van der Waals surface area contributed by atoms with Crippen LogP contribution in [0.15, 0.2) is 188 Å². The van der Waals surface area contributed by atoms with Crippen LogP contribution >= 0.6 is 11.3 Å². The van der Waals surface area contributed by atoms with Crippen LogP contribution in [-0.4, -0.2) is 0 Å². The van der Waals surface area contributed by atoms with Crippen LogP contribution in [0, 0.1) is 0 Å². The minimum atomic E-state index is 1.13. The molecule has 0 unspecified atom stereocenters. The molecule has 0 bridgehead atoms. The quantitative estimate of drug-likeness (QED) is 0.167. The van der Waals surface area contributed by atoms with E-state index >= 15 is 0 Å². The molecule has 234 valence electrons. The first-order valence-electron chi connectivity index (χ1n) is 17.1. The third-order valence-electron chi connectivity index (χ3n) is 10.0. The summed E-state index contributed by atoms with van der Waals surface area (Å²) in [5, 5.41) is 10.1. The van der Waals surface area contributed by atoms with Gasteiger partial charge in [0.2, 0.25) is 0 Å². The summed E-state index contributed by atoms with van der Waals surface area (Å²) in [4.78, 5) is 2.45. The topological polar surface area (TPSA) is 3.24 Å². The smallest absolute Gasteiger partial charge is 0.0640 e. The second kappa shape index (κ2) is 11.7. The Bertz CT molecular complexity index is 2860. The highest BCUT2D eigenvalue weighted by molar-refractivity contribution is 7.27. The molecule has 10 aromatic rings. The van der Waals surface area contributed by atoms with E-state index < -0.39 is 0 Å². The van der Waals surface area contributed by atoms with Crippen molar-refractivity contribution >= 4 is 80.9 Å². The van der Waals surface area contributed by atoms with E-state index in [1.807, 2.05) is 11.3 Å². The molecule has 0 aliphatic rings. The molecule has 1 heterocycles. The molecular formula is C48H31NS. The molecule has 0 spiro atoms. The van der Waals surface area contributed by atoms with E-state index in [9.17, 15) is 0 Å². The van der Waals surface area contributed by atoms with Gasteiger partial charge in [-0.2, -0.15) is 0 Å². The fourth-order valence-corrected chi connectivity index (χ4v) is 8.99. The zero-order valence-corrected chi connectivity index (χ0v) is 28.1. The summed E-state index contributed by atoms with van der Waals surface area (Å²) in [5.74, 6) is 0. The molecule has 1 nitrogen and oxygen atoms in total. The Kier molecular flexibility index (Phi) is 6.75. The summed E-state index contributed by atoms with van der Waals surface area (Å²) in [5.41, 5.74) is 8.43. The van der Waals surface area contributed by atoms with Crippen LogP contribution in [-0.2, 0) is 0 Å². The minimum absolute atomic E-state index is 1.13. The Hall–Kier alpha value is -6.22. The van der Waals surface area contributed by atoms with E-state index in [4.69, 9.17) is 0 Å². The number of hydrogen-bond donors (Lipinski definition) is 0. The van der Waals surface area contributed by atoms with Crippen molar-refractivity contribution in [3.05, 3.63) is 188 Å². The summed E-state index contributed by atoms with van der Waals surface area (Å²) in [6.07, 6.45) is 0. The molecule has 0 atom stereocenters. The largest absolute Gasteiger partial charge is 0.309 e. The van der Waals surface area contributed by atoms with Crippen LogP contribution in [0.25, 0.3) is 74.7 Å². The first-order chi connectivity index (χ1) is 24.8. The van der Waals surface area contributed by atoms with E-state index in [0.29, 0.717) is 0 Å². The predicted molar refractivity (Wildman–Crippen MR) is 217 cm³/mol. The van der Waals surface area contributed by atoms with Crippen LogP contribution in [0.4, 0.5) is 17.1 Å². The summed E-state index contributed by atoms with van der Waals surface area (Å²) < 4.78 is 2.60. The number of nitrogens with zero attached hydrogens (tertiary/aromatic N) is 1. The lowest BCUT2D eigenvalue weighted by atomic mass is 9.98. The zero-order chi connectivity index (χ0) is 33.0. The van der Waals surface area contributed by atoms with Gasteiger partial charge in [-0.25, -0.2) is 0 Å². The van der Waals surface area contributed by atoms with Crippen molar-refractivity contribution in [3.63, 3.8) is 0 Å². The molecule has 0 radical (unpaired) electrons. The Labute approximate surface area is 294 Å². The number of fused-ring (bicyclic) bond motifs is 7. The lowest BCUT2D eigenvalue weighted by molar-refractivity contribution is 1.31. The van der Waals surface area contributed by atoms with Gasteiger partial charge in [0.15, 0.2) is 0 Å². The van der Waals surface area contributed by atoms with Gasteiger partial charge in [0, 0.05) is 26.8 Å². The number of anilines is 3. The van der Waals surface area contributed by atoms with Crippen molar-refractivity contribution < 1.29 is 0 Å². The molecule has 1 aromatic heterocycles. The molecule has 0 N–H and O–H groups in total. The standard InChI is InChI=1S/C48H31NS/c1-2-11-33(12-3-1)42-19-9-20-43-44-21-10-22-46(48(44)50-47(42)43)49(38-30-27-36-24-23-34-14-5-7-17-41(34)45(36)31-38)37-28-25-35(26-29-37)40-18-8-15-32-13-4-6-16-39(32)40/h1-31H. The van der Waals surface area contributed by atoms with Crippen LogP contribution in [0.1, 0.15) is 0 Å². The second-order valence-corrected chi connectivity index (χ2v) is 13.9. The van der Waals surface area contributed by atoms with Gasteiger partial charge >= 0.3 is 0 Å². The first kappa shape index (κ1) is 28.8. The lowest BCUT2D eigenvalue weighted by Crippen LogP contribution is -2.10. The van der Waals surface area contributed by atoms with Gasteiger partial charge < -0.3 is 4.90 Å². The molecule has 0 amide bonds. The summed E-state index contributed by atoms with van der Waals surface area (Å²) in [6, 6.07) is 68.7. The van der Waals surface area contributed by atoms with Gasteiger partial charge in [0.25, 0.3) is 0 Å². The van der Waals surface area contributed by atoms with Crippen molar-refractivity contribution in [3.8, 4) is 22.3 Å². The number of hydrogen-bond acceptors (Lipinski definition) is 2. The fraction of sp³-hybridized carbons (Fsp3) is 0. The van der Waals surface area contributed by atoms with Crippen molar-refractivity contribution in [2.75, 3.05) is 4.90 Å². The summed E-state index contributed by atoms with van der Waals surface area (Å²) in [7, 11) is 0. The molecule has 9 aromatic carbocycles. The molecule has 0 aliphatic heterocycles. The van der Waals surface area contributed by atoms with Crippen molar-refractivity contribution in [2.24, 2.45) is 0 Å². The molecular weight excluding hydrogens is 623 g/mol. The number of rotatable bonds is 5. The molecule has 0 saturated carbocycles. The van der Waals surface area contributed by atoms with E-state index in [1.165, 1.54) is 80.4 Å². The molecule has 0 saturated heterocycles. The van der Waals surface area contributed by atoms with Crippen LogP contribution in [0.3, 0.4) is 0 Å². The highest BCUT2D eigenvalue weighted by Gasteiger charge is 2.20. The average molecular weight is 654 g/mol. The minimum Gasteiger partial charge on any atom is -0.309 e. The number of benzene rings is 9. The van der Waals surface area contributed by atoms with E-state index in [2.05, 4.69) is 193 Å². The monoisotopic (exact) mass is 653 g/mol. The molecule has 2 heteroatoms. The SMILES string of the molecule is c1ccc(-c2cccc3c2sc2c(N(c4ccc(-c5cccc6ccccc56)cc4)c4ccc5ccc6ccccc6c5c4)cccc23)cc1. The van der Waals surface area contributed by atoms with E-state index in [-0.39, 0.29) is 0 Å². The van der Waals surface area contributed by atoms with Gasteiger partial charge in [-0.3, -0.25) is 0 Å². The second-order valence-electron chi connectivity index (χ2n) is 12.9. The Morgan fingerprint density at radius 1 is 0.320 bits per heavy atom. The first-order valence-corrected chi connectivity index (χ1v) is 17.9. The Balaban J connectivity index is 1.20. The third-order valence-corrected chi connectivity index (χ3v) is 11.3. The van der Waals surface area contributed by atoms with Gasteiger partial charge in [0.1, 0.15) is 0 Å². The van der Waals surface area contributed by atoms with Crippen LogP contribution < -0.4 is 4.90 Å². The van der Waals surface area contributed by atoms with Crippen molar-refractivity contribution in [2.45, 2.75) is 0 Å². The van der Waals surface area contributed by atoms with Gasteiger partial charge in [-0.1, -0.05) is 158 Å². The Morgan fingerprint density at radius 2 is 0.860 bits per heavy atom. The van der Waals surface area contributed by atoms with Crippen molar-refractivity contribution in [1.82, 2.24) is 0 Å². The summed E-state index contributed by atoms with van der Waals surface area (Å²) >= 11 is 1.89. The molecule has 10 rings (SSSR count). The Morgan fingerprint density at radius 3 is 1.68 bits per heavy atom. The van der Waals surface area contributed by atoms with Gasteiger partial charge in [-0.15, -0.1) is 11.3 Å². The molecule has 0 fully saturated rings. The van der Waals surface area contributed by atoms with Gasteiger partial charge in [-0.05, 0) is 84.9 Å². The zero-order valence-electron chi connectivity index (χ0n) is 27.3. The average Bonchev–Trinajstić information content (AvgIpc) is 3.58. The maximum absolute atomic E-state index is 2.45. The summed E-state index contributed by atoms with van der Waals surface area (Å²) in [6.45, 7) is 0. The van der Waals surface area contributed by atoms with E-state index in [0.717, 1.165) is 11.4 Å². The molecule has 0 aliphatic carbocycles. The maximum Gasteiger partial charge on any atom is 0.0640 e.